The number of hydrogen-bond donors (Lipinski definition) is 1. The number of methoxy groups -OCH3 is 1. The standard InChI is InChI=1S/C16H23NO3/c1-17(13-6-4-3-5-7-13)15(16(18)19)12-8-10-14(20-2)11-9-12/h8-11,13,15H,3-7H2,1-2H3,(H,18,19). The van der Waals surface area contributed by atoms with Gasteiger partial charge in [-0.2, -0.15) is 0 Å². The molecule has 4 nitrogen and oxygen atoms in total. The van der Waals surface area contributed by atoms with Crippen LogP contribution in [0.25, 0.3) is 0 Å². The van der Waals surface area contributed by atoms with Crippen LogP contribution in [0.3, 0.4) is 0 Å². The highest BCUT2D eigenvalue weighted by molar-refractivity contribution is 5.75. The van der Waals surface area contributed by atoms with E-state index in [2.05, 4.69) is 0 Å². The molecule has 4 heteroatoms. The fraction of sp³-hybridized carbons (Fsp3) is 0.562. The third-order valence-electron chi connectivity index (χ3n) is 4.22. The van der Waals surface area contributed by atoms with E-state index < -0.39 is 12.0 Å². The Hall–Kier alpha value is -1.55. The smallest absolute Gasteiger partial charge is 0.325 e. The zero-order valence-corrected chi connectivity index (χ0v) is 12.2. The number of nitrogens with zero attached hydrogens (tertiary/aromatic N) is 1. The minimum Gasteiger partial charge on any atom is -0.497 e. The fourth-order valence-electron chi connectivity index (χ4n) is 3.04. The van der Waals surface area contributed by atoms with E-state index in [0.717, 1.165) is 24.2 Å². The molecule has 1 aromatic rings. The van der Waals surface area contributed by atoms with Crippen LogP contribution >= 0.6 is 0 Å². The van der Waals surface area contributed by atoms with Crippen molar-refractivity contribution in [1.82, 2.24) is 4.90 Å². The molecular formula is C16H23NO3. The van der Waals surface area contributed by atoms with Crippen molar-refractivity contribution in [3.05, 3.63) is 29.8 Å². The first-order valence-electron chi connectivity index (χ1n) is 7.22. The van der Waals surface area contributed by atoms with E-state index in [0.29, 0.717) is 6.04 Å². The highest BCUT2D eigenvalue weighted by Crippen LogP contribution is 2.29. The Balaban J connectivity index is 2.18. The Morgan fingerprint density at radius 2 is 1.85 bits per heavy atom. The third-order valence-corrected chi connectivity index (χ3v) is 4.22. The predicted octanol–water partition coefficient (Wildman–Crippen LogP) is 3.09. The van der Waals surface area contributed by atoms with Crippen molar-refractivity contribution < 1.29 is 14.6 Å². The molecule has 1 N–H and O–H groups in total. The monoisotopic (exact) mass is 277 g/mol. The van der Waals surface area contributed by atoms with Gasteiger partial charge in [0.15, 0.2) is 0 Å². The Labute approximate surface area is 120 Å². The molecule has 1 aliphatic carbocycles. The van der Waals surface area contributed by atoms with Crippen LogP contribution < -0.4 is 4.74 Å². The van der Waals surface area contributed by atoms with Gasteiger partial charge < -0.3 is 9.84 Å². The second-order valence-electron chi connectivity index (χ2n) is 5.47. The van der Waals surface area contributed by atoms with Crippen molar-refractivity contribution >= 4 is 5.97 Å². The van der Waals surface area contributed by atoms with E-state index in [-0.39, 0.29) is 0 Å². The minimum atomic E-state index is -0.789. The zero-order chi connectivity index (χ0) is 14.5. The van der Waals surface area contributed by atoms with Crippen LogP contribution in [0.5, 0.6) is 5.75 Å². The second kappa shape index (κ2) is 6.75. The number of likely N-dealkylation sites (N-methyl/N-ethyl adjacent to an activating group) is 1. The molecule has 1 unspecified atom stereocenters. The van der Waals surface area contributed by atoms with Gasteiger partial charge in [-0.3, -0.25) is 9.69 Å². The first-order valence-corrected chi connectivity index (χ1v) is 7.22. The van der Waals surface area contributed by atoms with Gasteiger partial charge in [-0.05, 0) is 37.6 Å². The molecule has 110 valence electrons. The van der Waals surface area contributed by atoms with Crippen LogP contribution in [0.4, 0.5) is 0 Å². The maximum absolute atomic E-state index is 11.7. The van der Waals surface area contributed by atoms with Crippen LogP contribution in [0.1, 0.15) is 43.7 Å². The minimum absolute atomic E-state index is 0.368. The molecule has 1 aromatic carbocycles. The lowest BCUT2D eigenvalue weighted by atomic mass is 9.92. The highest BCUT2D eigenvalue weighted by Gasteiger charge is 2.30. The van der Waals surface area contributed by atoms with Crippen molar-refractivity contribution in [3.63, 3.8) is 0 Å². The molecule has 0 spiro atoms. The van der Waals surface area contributed by atoms with Crippen LogP contribution in [0, 0.1) is 0 Å². The summed E-state index contributed by atoms with van der Waals surface area (Å²) >= 11 is 0. The topological polar surface area (TPSA) is 49.8 Å². The molecule has 0 aliphatic heterocycles. The molecule has 2 rings (SSSR count). The third kappa shape index (κ3) is 3.31. The van der Waals surface area contributed by atoms with Gasteiger partial charge in [-0.1, -0.05) is 31.4 Å². The molecule has 1 saturated carbocycles. The summed E-state index contributed by atoms with van der Waals surface area (Å²) in [6.07, 6.45) is 5.85. The summed E-state index contributed by atoms with van der Waals surface area (Å²) in [4.78, 5) is 13.7. The number of aliphatic carboxylic acids is 1. The van der Waals surface area contributed by atoms with Crippen LogP contribution in [-0.2, 0) is 4.79 Å². The molecule has 0 amide bonds. The van der Waals surface area contributed by atoms with Gasteiger partial charge in [-0.25, -0.2) is 0 Å². The summed E-state index contributed by atoms with van der Waals surface area (Å²) in [5.41, 5.74) is 0.811. The molecule has 1 fully saturated rings. The van der Waals surface area contributed by atoms with Gasteiger partial charge in [0.25, 0.3) is 0 Å². The number of benzene rings is 1. The van der Waals surface area contributed by atoms with E-state index >= 15 is 0 Å². The number of hydrogen-bond acceptors (Lipinski definition) is 3. The largest absolute Gasteiger partial charge is 0.497 e. The van der Waals surface area contributed by atoms with Gasteiger partial charge in [0.1, 0.15) is 11.8 Å². The molecule has 0 saturated heterocycles. The highest BCUT2D eigenvalue weighted by atomic mass is 16.5. The molecule has 0 bridgehead atoms. The van der Waals surface area contributed by atoms with E-state index in [9.17, 15) is 9.90 Å². The maximum Gasteiger partial charge on any atom is 0.325 e. The SMILES string of the molecule is COc1ccc(C(C(=O)O)N(C)C2CCCCC2)cc1. The summed E-state index contributed by atoms with van der Waals surface area (Å²) in [5, 5.41) is 9.58. The van der Waals surface area contributed by atoms with Crippen molar-refractivity contribution in [2.45, 2.75) is 44.2 Å². The van der Waals surface area contributed by atoms with Gasteiger partial charge >= 0.3 is 5.97 Å². The molecule has 1 atom stereocenters. The molecule has 0 radical (unpaired) electrons. The number of carbonyl (C=O) groups is 1. The number of ether oxygens (including phenoxy) is 1. The van der Waals surface area contributed by atoms with Crippen molar-refractivity contribution in [2.75, 3.05) is 14.2 Å². The summed E-state index contributed by atoms with van der Waals surface area (Å²) < 4.78 is 5.13. The average molecular weight is 277 g/mol. The summed E-state index contributed by atoms with van der Waals surface area (Å²) in [6, 6.07) is 7.12. The first-order chi connectivity index (χ1) is 9.63. The Bertz CT molecular complexity index is 438. The summed E-state index contributed by atoms with van der Waals surface area (Å²) in [5.74, 6) is -0.0403. The molecule has 0 heterocycles. The normalized spacial score (nSPS) is 17.9. The van der Waals surface area contributed by atoms with Gasteiger partial charge in [0, 0.05) is 6.04 Å². The van der Waals surface area contributed by atoms with E-state index in [4.69, 9.17) is 4.74 Å². The summed E-state index contributed by atoms with van der Waals surface area (Å²) in [7, 11) is 3.54. The van der Waals surface area contributed by atoms with E-state index in [1.165, 1.54) is 19.3 Å². The summed E-state index contributed by atoms with van der Waals surface area (Å²) in [6.45, 7) is 0. The molecule has 20 heavy (non-hydrogen) atoms. The lowest BCUT2D eigenvalue weighted by Crippen LogP contribution is -2.40. The Morgan fingerprint density at radius 3 is 2.35 bits per heavy atom. The van der Waals surface area contributed by atoms with Crippen molar-refractivity contribution in [2.24, 2.45) is 0 Å². The first kappa shape index (κ1) is 14.9. The Kier molecular flexibility index (Phi) is 5.01. The van der Waals surface area contributed by atoms with Gasteiger partial charge in [0.05, 0.1) is 7.11 Å². The van der Waals surface area contributed by atoms with Crippen LogP contribution in [0.15, 0.2) is 24.3 Å². The number of carboxylic acids is 1. The Morgan fingerprint density at radius 1 is 1.25 bits per heavy atom. The molecular weight excluding hydrogens is 254 g/mol. The average Bonchev–Trinajstić information content (AvgIpc) is 2.48. The van der Waals surface area contributed by atoms with Crippen LogP contribution in [-0.4, -0.2) is 36.2 Å². The van der Waals surface area contributed by atoms with Gasteiger partial charge in [0.2, 0.25) is 0 Å². The quantitative estimate of drug-likeness (QED) is 0.898. The second-order valence-corrected chi connectivity index (χ2v) is 5.47. The molecule has 0 aromatic heterocycles. The lowest BCUT2D eigenvalue weighted by molar-refractivity contribution is -0.144. The molecule has 1 aliphatic rings. The lowest BCUT2D eigenvalue weighted by Gasteiger charge is -2.35. The number of carboxylic acid groups (broad SMARTS) is 1. The van der Waals surface area contributed by atoms with Crippen LogP contribution in [0.2, 0.25) is 0 Å². The van der Waals surface area contributed by atoms with E-state index in [1.807, 2.05) is 36.2 Å². The maximum atomic E-state index is 11.7. The van der Waals surface area contributed by atoms with Gasteiger partial charge in [-0.15, -0.1) is 0 Å². The predicted molar refractivity (Wildman–Crippen MR) is 78.0 cm³/mol. The van der Waals surface area contributed by atoms with E-state index in [1.54, 1.807) is 7.11 Å². The van der Waals surface area contributed by atoms with Crippen molar-refractivity contribution in [1.29, 1.82) is 0 Å². The number of rotatable bonds is 5. The fourth-order valence-corrected chi connectivity index (χ4v) is 3.04. The zero-order valence-electron chi connectivity index (χ0n) is 12.2. The van der Waals surface area contributed by atoms with Crippen molar-refractivity contribution in [3.8, 4) is 5.75 Å².